The summed E-state index contributed by atoms with van der Waals surface area (Å²) in [4.78, 5) is 0. The maximum atomic E-state index is 3.72. The topological polar surface area (TPSA) is 0 Å². The van der Waals surface area contributed by atoms with E-state index in [1.54, 1.807) is 0 Å². The highest BCUT2D eigenvalue weighted by atomic mass is 79.9. The Bertz CT molecular complexity index is 1980. The Morgan fingerprint density at radius 1 is 0.240 bits per heavy atom. The van der Waals surface area contributed by atoms with Crippen LogP contribution < -0.4 is 0 Å². The van der Waals surface area contributed by atoms with Crippen molar-refractivity contribution >= 4 is 80.6 Å². The summed E-state index contributed by atoms with van der Waals surface area (Å²) in [5.41, 5.74) is 6.90. The van der Waals surface area contributed by atoms with Crippen LogP contribution in [0.1, 0.15) is 41.7 Å². The van der Waals surface area contributed by atoms with E-state index in [1.807, 2.05) is 13.8 Å². The molecule has 0 N–H and O–H groups in total. The van der Waals surface area contributed by atoms with Crippen molar-refractivity contribution in [2.75, 3.05) is 0 Å². The third-order valence-corrected chi connectivity index (χ3v) is 10.9. The SMILES string of the molecule is CC.Cc1c2ccccc2c(Br)c2ccccc12.Cc1c2ccccc2c(C)c2ccccc12.Cc1c2ccccc2c(C)c2ccccc12. The Kier molecular flexibility index (Phi) is 10.7. The molecule has 0 atom stereocenters. The van der Waals surface area contributed by atoms with Gasteiger partial charge in [0.15, 0.2) is 0 Å². The van der Waals surface area contributed by atoms with Gasteiger partial charge in [-0.1, -0.05) is 159 Å². The van der Waals surface area contributed by atoms with Crippen molar-refractivity contribution in [3.8, 4) is 0 Å². The second-order valence-corrected chi connectivity index (χ2v) is 13.5. The lowest BCUT2D eigenvalue weighted by molar-refractivity contribution is 1.50. The number of aryl methyl sites for hydroxylation is 5. The molecule has 0 aliphatic carbocycles. The molecule has 248 valence electrons. The molecule has 0 aromatic heterocycles. The van der Waals surface area contributed by atoms with Crippen LogP contribution in [-0.4, -0.2) is 0 Å². The summed E-state index contributed by atoms with van der Waals surface area (Å²) < 4.78 is 1.20. The molecule has 0 saturated carbocycles. The van der Waals surface area contributed by atoms with Gasteiger partial charge in [-0.15, -0.1) is 0 Å². The smallest absolute Gasteiger partial charge is 0.0332 e. The van der Waals surface area contributed by atoms with Gasteiger partial charge in [-0.05, 0) is 143 Å². The predicted molar refractivity (Wildman–Crippen MR) is 227 cm³/mol. The zero-order chi connectivity index (χ0) is 35.4. The lowest BCUT2D eigenvalue weighted by Gasteiger charge is -2.11. The molecule has 0 aliphatic heterocycles. The second-order valence-electron chi connectivity index (χ2n) is 12.7. The third kappa shape index (κ3) is 6.39. The molecule has 0 unspecified atom stereocenters. The van der Waals surface area contributed by atoms with Crippen LogP contribution in [0.15, 0.2) is 150 Å². The maximum Gasteiger partial charge on any atom is 0.0332 e. The standard InChI is InChI=1S/2C16H14.C15H11Br.C2H6/c2*1-11-13-7-3-5-9-15(13)12(2)16-10-6-4-8-14(11)16;1-10-11-6-2-4-8-13(11)15(16)14-9-5-3-7-12(10)14;1-2/h2*3-10H,1-2H3;2-9H,1H3;1-2H3. The van der Waals surface area contributed by atoms with Crippen LogP contribution >= 0.6 is 15.9 Å². The molecule has 0 amide bonds. The lowest BCUT2D eigenvalue weighted by atomic mass is 9.93. The van der Waals surface area contributed by atoms with Crippen LogP contribution in [0, 0.1) is 34.6 Å². The number of benzene rings is 9. The highest BCUT2D eigenvalue weighted by Crippen LogP contribution is 2.36. The summed E-state index contributed by atoms with van der Waals surface area (Å²) in [6.45, 7) is 15.0. The van der Waals surface area contributed by atoms with Gasteiger partial charge in [0.05, 0.1) is 0 Å². The zero-order valence-electron chi connectivity index (χ0n) is 30.2. The zero-order valence-corrected chi connectivity index (χ0v) is 31.8. The Morgan fingerprint density at radius 2 is 0.360 bits per heavy atom. The predicted octanol–water partition coefficient (Wildman–Crippen LogP) is 15.3. The van der Waals surface area contributed by atoms with Crippen LogP contribution in [0.25, 0.3) is 64.6 Å². The van der Waals surface area contributed by atoms with Crippen molar-refractivity contribution in [2.45, 2.75) is 48.5 Å². The Morgan fingerprint density at radius 3 is 0.520 bits per heavy atom. The van der Waals surface area contributed by atoms with Gasteiger partial charge in [0.1, 0.15) is 0 Å². The van der Waals surface area contributed by atoms with E-state index in [0.717, 1.165) is 0 Å². The second kappa shape index (κ2) is 15.3. The van der Waals surface area contributed by atoms with Gasteiger partial charge in [0.25, 0.3) is 0 Å². The average Bonchev–Trinajstić information content (AvgIpc) is 3.19. The monoisotopic (exact) mass is 712 g/mol. The minimum Gasteiger partial charge on any atom is -0.0683 e. The van der Waals surface area contributed by atoms with E-state index in [9.17, 15) is 0 Å². The molecule has 9 aromatic rings. The summed E-state index contributed by atoms with van der Waals surface area (Å²) in [7, 11) is 0. The van der Waals surface area contributed by atoms with Gasteiger partial charge in [-0.2, -0.15) is 0 Å². The Labute approximate surface area is 305 Å². The first-order valence-electron chi connectivity index (χ1n) is 17.7. The number of hydrogen-bond donors (Lipinski definition) is 0. The van der Waals surface area contributed by atoms with Gasteiger partial charge in [-0.3, -0.25) is 0 Å². The van der Waals surface area contributed by atoms with Crippen molar-refractivity contribution in [1.29, 1.82) is 0 Å². The number of hydrogen-bond acceptors (Lipinski definition) is 0. The molecule has 0 nitrogen and oxygen atoms in total. The molecule has 0 radical (unpaired) electrons. The van der Waals surface area contributed by atoms with Crippen molar-refractivity contribution in [3.63, 3.8) is 0 Å². The van der Waals surface area contributed by atoms with Crippen LogP contribution in [0.4, 0.5) is 0 Å². The summed E-state index contributed by atoms with van der Waals surface area (Å²) in [6.07, 6.45) is 0. The van der Waals surface area contributed by atoms with Crippen molar-refractivity contribution in [3.05, 3.63) is 178 Å². The summed E-state index contributed by atoms with van der Waals surface area (Å²) in [6, 6.07) is 51.7. The summed E-state index contributed by atoms with van der Waals surface area (Å²) in [5, 5.41) is 16.2. The molecule has 9 aromatic carbocycles. The van der Waals surface area contributed by atoms with Crippen LogP contribution in [-0.2, 0) is 0 Å². The minimum atomic E-state index is 1.20. The molecule has 50 heavy (non-hydrogen) atoms. The van der Waals surface area contributed by atoms with E-state index in [4.69, 9.17) is 0 Å². The van der Waals surface area contributed by atoms with Gasteiger partial charge >= 0.3 is 0 Å². The maximum absolute atomic E-state index is 3.72. The minimum absolute atomic E-state index is 1.20. The van der Waals surface area contributed by atoms with E-state index in [-0.39, 0.29) is 0 Å². The van der Waals surface area contributed by atoms with Gasteiger partial charge in [0.2, 0.25) is 0 Å². The van der Waals surface area contributed by atoms with Gasteiger partial charge < -0.3 is 0 Å². The summed E-state index contributed by atoms with van der Waals surface area (Å²) in [5.74, 6) is 0. The van der Waals surface area contributed by atoms with E-state index < -0.39 is 0 Å². The highest BCUT2D eigenvalue weighted by Gasteiger charge is 2.09. The molecule has 1 heteroatoms. The van der Waals surface area contributed by atoms with Crippen molar-refractivity contribution < 1.29 is 0 Å². The summed E-state index contributed by atoms with van der Waals surface area (Å²) >= 11 is 3.72. The number of rotatable bonds is 0. The Balaban J connectivity index is 0.000000126. The first-order valence-corrected chi connectivity index (χ1v) is 18.4. The normalized spacial score (nSPS) is 10.8. The fourth-order valence-corrected chi connectivity index (χ4v) is 8.11. The molecule has 0 fully saturated rings. The highest BCUT2D eigenvalue weighted by molar-refractivity contribution is 9.10. The van der Waals surface area contributed by atoms with Crippen LogP contribution in [0.3, 0.4) is 0 Å². The number of fused-ring (bicyclic) bond motifs is 6. The lowest BCUT2D eigenvalue weighted by Crippen LogP contribution is -1.87. The molecule has 9 rings (SSSR count). The molecule has 0 heterocycles. The van der Waals surface area contributed by atoms with E-state index >= 15 is 0 Å². The molecule has 0 bridgehead atoms. The molecule has 0 aliphatic rings. The van der Waals surface area contributed by atoms with Crippen molar-refractivity contribution in [2.24, 2.45) is 0 Å². The first-order chi connectivity index (χ1) is 24.4. The fraction of sp³-hybridized carbons (Fsp3) is 0.143. The third-order valence-electron chi connectivity index (χ3n) is 10.1. The van der Waals surface area contributed by atoms with E-state index in [2.05, 4.69) is 196 Å². The fourth-order valence-electron chi connectivity index (χ4n) is 7.42. The number of halogens is 1. The van der Waals surface area contributed by atoms with Crippen molar-refractivity contribution in [1.82, 2.24) is 0 Å². The first kappa shape index (κ1) is 34.9. The van der Waals surface area contributed by atoms with Crippen LogP contribution in [0.5, 0.6) is 0 Å². The average molecular weight is 714 g/mol. The van der Waals surface area contributed by atoms with E-state index in [0.29, 0.717) is 0 Å². The molecular formula is C49H45Br. The van der Waals surface area contributed by atoms with Gasteiger partial charge in [-0.25, -0.2) is 0 Å². The molecule has 0 saturated heterocycles. The van der Waals surface area contributed by atoms with Gasteiger partial charge in [0, 0.05) is 4.47 Å². The quantitative estimate of drug-likeness (QED) is 0.137. The molecular weight excluding hydrogens is 668 g/mol. The Hall–Kier alpha value is -4.98. The van der Waals surface area contributed by atoms with Crippen LogP contribution in [0.2, 0.25) is 0 Å². The molecule has 0 spiro atoms. The largest absolute Gasteiger partial charge is 0.0683 e. The van der Waals surface area contributed by atoms with E-state index in [1.165, 1.54) is 96.9 Å².